The van der Waals surface area contributed by atoms with Crippen LogP contribution in [0.5, 0.6) is 0 Å². The lowest BCUT2D eigenvalue weighted by molar-refractivity contribution is 0.588. The van der Waals surface area contributed by atoms with E-state index in [0.717, 1.165) is 30.0 Å². The molecule has 118 valence electrons. The Morgan fingerprint density at radius 3 is 2.64 bits per heavy atom. The first-order valence-electron chi connectivity index (χ1n) is 7.28. The van der Waals surface area contributed by atoms with Gasteiger partial charge in [0.05, 0.1) is 11.9 Å². The van der Waals surface area contributed by atoms with Gasteiger partial charge in [-0.15, -0.1) is 0 Å². The highest BCUT2D eigenvalue weighted by Crippen LogP contribution is 2.37. The number of sulfonamides is 1. The van der Waals surface area contributed by atoms with Gasteiger partial charge < -0.3 is 0 Å². The van der Waals surface area contributed by atoms with Crippen LogP contribution in [-0.4, -0.2) is 35.2 Å². The molecule has 3 rings (SSSR count). The number of hydrogen-bond donors (Lipinski definition) is 0. The smallest absolute Gasteiger partial charge is 0.268 e. The van der Waals surface area contributed by atoms with Gasteiger partial charge in [0.1, 0.15) is 4.90 Å². The molecule has 0 atom stereocenters. The van der Waals surface area contributed by atoms with E-state index in [4.69, 9.17) is 0 Å². The van der Waals surface area contributed by atoms with Gasteiger partial charge in [-0.1, -0.05) is 12.8 Å². The van der Waals surface area contributed by atoms with Gasteiger partial charge in [-0.2, -0.15) is 5.10 Å². The monoisotopic (exact) mass is 321 g/mol. The highest BCUT2D eigenvalue weighted by Gasteiger charge is 2.32. The Balaban J connectivity index is 2.02. The van der Waals surface area contributed by atoms with Crippen molar-refractivity contribution in [2.45, 2.75) is 36.5 Å². The SMILES string of the molecule is CN(c1cnccn1)S(=O)(=O)c1cn(C)nc1C1CCCC1. The van der Waals surface area contributed by atoms with Crippen LogP contribution >= 0.6 is 0 Å². The number of rotatable bonds is 4. The maximum Gasteiger partial charge on any atom is 0.268 e. The second kappa shape index (κ2) is 5.68. The predicted molar refractivity (Wildman–Crippen MR) is 82.0 cm³/mol. The normalized spacial score (nSPS) is 16.1. The molecule has 8 heteroatoms. The third-order valence-corrected chi connectivity index (χ3v) is 5.85. The molecule has 0 N–H and O–H groups in total. The fourth-order valence-electron chi connectivity index (χ4n) is 2.89. The van der Waals surface area contributed by atoms with Crippen molar-refractivity contribution in [3.05, 3.63) is 30.5 Å². The molecule has 0 aliphatic heterocycles. The zero-order valence-corrected chi connectivity index (χ0v) is 13.5. The zero-order valence-electron chi connectivity index (χ0n) is 12.7. The Labute approximate surface area is 130 Å². The second-order valence-electron chi connectivity index (χ2n) is 5.57. The van der Waals surface area contributed by atoms with Crippen molar-refractivity contribution in [3.63, 3.8) is 0 Å². The highest BCUT2D eigenvalue weighted by atomic mass is 32.2. The number of anilines is 1. The van der Waals surface area contributed by atoms with Crippen molar-refractivity contribution in [2.75, 3.05) is 11.4 Å². The first kappa shape index (κ1) is 15.0. The van der Waals surface area contributed by atoms with Crippen LogP contribution in [0.2, 0.25) is 0 Å². The summed E-state index contributed by atoms with van der Waals surface area (Å²) < 4.78 is 28.6. The average molecular weight is 321 g/mol. The molecule has 0 radical (unpaired) electrons. The molecular formula is C14H19N5O2S. The molecule has 2 aromatic heterocycles. The summed E-state index contributed by atoms with van der Waals surface area (Å²) in [5.41, 5.74) is 0.677. The maximum atomic E-state index is 12.9. The van der Waals surface area contributed by atoms with E-state index in [1.54, 1.807) is 17.9 Å². The van der Waals surface area contributed by atoms with Crippen LogP contribution in [0.1, 0.15) is 37.3 Å². The molecule has 0 aromatic carbocycles. The first-order valence-corrected chi connectivity index (χ1v) is 8.72. The van der Waals surface area contributed by atoms with Gasteiger partial charge in [-0.3, -0.25) is 14.0 Å². The minimum atomic E-state index is -3.69. The molecule has 7 nitrogen and oxygen atoms in total. The number of nitrogens with zero attached hydrogens (tertiary/aromatic N) is 5. The van der Waals surface area contributed by atoms with Crippen LogP contribution in [0.4, 0.5) is 5.82 Å². The number of aryl methyl sites for hydroxylation is 1. The third kappa shape index (κ3) is 2.58. The molecule has 1 fully saturated rings. The molecule has 1 aliphatic rings. The maximum absolute atomic E-state index is 12.9. The van der Waals surface area contributed by atoms with Gasteiger partial charge >= 0.3 is 0 Å². The molecule has 0 spiro atoms. The van der Waals surface area contributed by atoms with Gasteiger partial charge in [0.25, 0.3) is 10.0 Å². The summed E-state index contributed by atoms with van der Waals surface area (Å²) in [5.74, 6) is 0.518. The van der Waals surface area contributed by atoms with E-state index in [0.29, 0.717) is 11.5 Å². The lowest BCUT2D eigenvalue weighted by Crippen LogP contribution is -2.28. The van der Waals surface area contributed by atoms with Crippen LogP contribution < -0.4 is 4.31 Å². The van der Waals surface area contributed by atoms with Gasteiger partial charge in [-0.25, -0.2) is 13.4 Å². The summed E-state index contributed by atoms with van der Waals surface area (Å²) >= 11 is 0. The van der Waals surface area contributed by atoms with Crippen molar-refractivity contribution >= 4 is 15.8 Å². The molecule has 1 aliphatic carbocycles. The minimum absolute atomic E-state index is 0.223. The largest absolute Gasteiger partial charge is 0.274 e. The van der Waals surface area contributed by atoms with Crippen molar-refractivity contribution < 1.29 is 8.42 Å². The summed E-state index contributed by atoms with van der Waals surface area (Å²) in [5, 5.41) is 4.41. The van der Waals surface area contributed by atoms with E-state index in [-0.39, 0.29) is 10.8 Å². The van der Waals surface area contributed by atoms with Crippen LogP contribution in [-0.2, 0) is 17.1 Å². The lowest BCUT2D eigenvalue weighted by Gasteiger charge is -2.18. The van der Waals surface area contributed by atoms with E-state index < -0.39 is 10.0 Å². The van der Waals surface area contributed by atoms with Crippen LogP contribution in [0.3, 0.4) is 0 Å². The van der Waals surface area contributed by atoms with Gasteiger partial charge in [0.2, 0.25) is 0 Å². The molecule has 0 unspecified atom stereocenters. The first-order chi connectivity index (χ1) is 10.5. The Kier molecular flexibility index (Phi) is 3.86. The van der Waals surface area contributed by atoms with E-state index in [2.05, 4.69) is 15.1 Å². The fourth-order valence-corrected chi connectivity index (χ4v) is 4.28. The molecule has 0 amide bonds. The average Bonchev–Trinajstić information content (AvgIpc) is 3.16. The van der Waals surface area contributed by atoms with E-state index >= 15 is 0 Å². The summed E-state index contributed by atoms with van der Waals surface area (Å²) in [4.78, 5) is 8.26. The number of aromatic nitrogens is 4. The molecule has 2 aromatic rings. The van der Waals surface area contributed by atoms with Crippen molar-refractivity contribution in [1.29, 1.82) is 0 Å². The summed E-state index contributed by atoms with van der Waals surface area (Å²) in [7, 11) is -0.451. The van der Waals surface area contributed by atoms with Gasteiger partial charge in [-0.05, 0) is 12.8 Å². The summed E-state index contributed by atoms with van der Waals surface area (Å²) in [6.07, 6.45) is 10.2. The Bertz CT molecular complexity index is 751. The molecule has 1 saturated carbocycles. The third-order valence-electron chi connectivity index (χ3n) is 4.07. The van der Waals surface area contributed by atoms with Crippen molar-refractivity contribution in [1.82, 2.24) is 19.7 Å². The Morgan fingerprint density at radius 2 is 2.00 bits per heavy atom. The quantitative estimate of drug-likeness (QED) is 0.856. The van der Waals surface area contributed by atoms with Crippen molar-refractivity contribution in [3.8, 4) is 0 Å². The van der Waals surface area contributed by atoms with Crippen LogP contribution in [0.25, 0.3) is 0 Å². The molecule has 0 saturated heterocycles. The molecular weight excluding hydrogens is 302 g/mol. The minimum Gasteiger partial charge on any atom is -0.274 e. The highest BCUT2D eigenvalue weighted by molar-refractivity contribution is 7.92. The molecule has 22 heavy (non-hydrogen) atoms. The van der Waals surface area contributed by atoms with E-state index in [9.17, 15) is 8.42 Å². The standard InChI is InChI=1S/C14H19N5O2S/c1-18-10-12(14(17-18)11-5-3-4-6-11)22(20,21)19(2)13-9-15-7-8-16-13/h7-11H,3-6H2,1-2H3. The summed E-state index contributed by atoms with van der Waals surface area (Å²) in [6, 6.07) is 0. The van der Waals surface area contributed by atoms with E-state index in [1.807, 2.05) is 0 Å². The summed E-state index contributed by atoms with van der Waals surface area (Å²) in [6.45, 7) is 0. The van der Waals surface area contributed by atoms with Gasteiger partial charge in [0, 0.05) is 38.6 Å². The Hall–Kier alpha value is -1.96. The van der Waals surface area contributed by atoms with Crippen LogP contribution in [0.15, 0.2) is 29.7 Å². The van der Waals surface area contributed by atoms with E-state index in [1.165, 1.54) is 25.6 Å². The number of hydrogen-bond acceptors (Lipinski definition) is 5. The molecule has 0 bridgehead atoms. The topological polar surface area (TPSA) is 81.0 Å². The van der Waals surface area contributed by atoms with Crippen LogP contribution in [0, 0.1) is 0 Å². The second-order valence-corrected chi connectivity index (χ2v) is 7.51. The van der Waals surface area contributed by atoms with Gasteiger partial charge in [0.15, 0.2) is 5.82 Å². The zero-order chi connectivity index (χ0) is 15.7. The molecule has 2 heterocycles. The van der Waals surface area contributed by atoms with Crippen molar-refractivity contribution in [2.24, 2.45) is 7.05 Å². The Morgan fingerprint density at radius 1 is 1.27 bits per heavy atom. The fraction of sp³-hybridized carbons (Fsp3) is 0.500. The lowest BCUT2D eigenvalue weighted by atomic mass is 10.1. The predicted octanol–water partition coefficient (Wildman–Crippen LogP) is 1.69.